The first-order valence-electron chi connectivity index (χ1n) is 10.6. The van der Waals surface area contributed by atoms with Crippen LogP contribution in [0.4, 0.5) is 26.3 Å². The number of rotatable bonds is 8. The second-order valence-corrected chi connectivity index (χ2v) is 8.31. The molecule has 0 N–H and O–H groups in total. The summed E-state index contributed by atoms with van der Waals surface area (Å²) in [5.41, 5.74) is 0.0264. The van der Waals surface area contributed by atoms with Gasteiger partial charge in [-0.25, -0.2) is 17.6 Å². The van der Waals surface area contributed by atoms with Gasteiger partial charge in [0.2, 0.25) is 0 Å². The highest BCUT2D eigenvalue weighted by Gasteiger charge is 2.35. The average molecular weight is 444 g/mol. The zero-order chi connectivity index (χ0) is 22.6. The highest BCUT2D eigenvalue weighted by molar-refractivity contribution is 5.29. The van der Waals surface area contributed by atoms with Gasteiger partial charge in [0.05, 0.1) is 5.56 Å². The molecule has 1 unspecified atom stereocenters. The van der Waals surface area contributed by atoms with E-state index in [2.05, 4.69) is 11.7 Å². The summed E-state index contributed by atoms with van der Waals surface area (Å²) >= 11 is 0. The Morgan fingerprint density at radius 3 is 2.10 bits per heavy atom. The maximum atomic E-state index is 14.7. The van der Waals surface area contributed by atoms with E-state index in [1.165, 1.54) is 18.6 Å². The standard InChI is InChI=1S/C24H26F6O/c1-2-3-15-4-8-17(9-5-15)20(25)12-16-6-10-18(11-7-16)24(29,30)31-19-13-21(26)23(28)22(27)14-19/h6-7,10-11,13-15,17,20H,2-5,8-9,12H2,1H3. The minimum Gasteiger partial charge on any atom is -0.429 e. The Hall–Kier alpha value is -2.18. The highest BCUT2D eigenvalue weighted by atomic mass is 19.3. The zero-order valence-corrected chi connectivity index (χ0v) is 17.3. The van der Waals surface area contributed by atoms with Gasteiger partial charge < -0.3 is 4.74 Å². The molecule has 0 bridgehead atoms. The molecular weight excluding hydrogens is 418 g/mol. The fraction of sp³-hybridized carbons (Fsp3) is 0.500. The molecule has 0 spiro atoms. The minimum absolute atomic E-state index is 0.0131. The normalized spacial score (nSPS) is 20.5. The van der Waals surface area contributed by atoms with E-state index in [4.69, 9.17) is 0 Å². The lowest BCUT2D eigenvalue weighted by Gasteiger charge is -2.30. The van der Waals surface area contributed by atoms with Crippen LogP contribution in [-0.2, 0) is 12.5 Å². The number of hydrogen-bond donors (Lipinski definition) is 0. The van der Waals surface area contributed by atoms with E-state index in [0.29, 0.717) is 23.6 Å². The van der Waals surface area contributed by atoms with E-state index < -0.39 is 41.0 Å². The monoisotopic (exact) mass is 444 g/mol. The summed E-state index contributed by atoms with van der Waals surface area (Å²) in [5, 5.41) is 0. The third-order valence-corrected chi connectivity index (χ3v) is 6.02. The van der Waals surface area contributed by atoms with Crippen molar-refractivity contribution in [2.24, 2.45) is 11.8 Å². The van der Waals surface area contributed by atoms with Gasteiger partial charge in [-0.1, -0.05) is 44.7 Å². The van der Waals surface area contributed by atoms with Crippen LogP contribution in [0.5, 0.6) is 5.75 Å². The second-order valence-electron chi connectivity index (χ2n) is 8.31. The molecule has 0 radical (unpaired) electrons. The Bertz CT molecular complexity index is 836. The third-order valence-electron chi connectivity index (χ3n) is 6.02. The maximum Gasteiger partial charge on any atom is 0.426 e. The van der Waals surface area contributed by atoms with Crippen molar-refractivity contribution in [3.63, 3.8) is 0 Å². The molecule has 1 atom stereocenters. The van der Waals surface area contributed by atoms with E-state index in [-0.39, 0.29) is 12.3 Å². The molecule has 7 heteroatoms. The van der Waals surface area contributed by atoms with Gasteiger partial charge in [-0.2, -0.15) is 8.78 Å². The van der Waals surface area contributed by atoms with Gasteiger partial charge in [0, 0.05) is 18.6 Å². The first-order chi connectivity index (χ1) is 14.7. The molecule has 2 aromatic rings. The van der Waals surface area contributed by atoms with Gasteiger partial charge in [-0.3, -0.25) is 0 Å². The SMILES string of the molecule is CCCC1CCC(C(F)Cc2ccc(C(F)(F)Oc3cc(F)c(F)c(F)c3)cc2)CC1. The van der Waals surface area contributed by atoms with E-state index in [1.54, 1.807) is 0 Å². The molecule has 1 aliphatic rings. The van der Waals surface area contributed by atoms with Gasteiger partial charge in [-0.05, 0) is 42.4 Å². The fourth-order valence-corrected chi connectivity index (χ4v) is 4.27. The lowest BCUT2D eigenvalue weighted by molar-refractivity contribution is -0.185. The van der Waals surface area contributed by atoms with Crippen LogP contribution in [0, 0.1) is 29.3 Å². The Labute approximate surface area is 178 Å². The Kier molecular flexibility index (Phi) is 7.55. The van der Waals surface area contributed by atoms with E-state index in [9.17, 15) is 26.3 Å². The van der Waals surface area contributed by atoms with Crippen LogP contribution in [0.2, 0.25) is 0 Å². The first kappa shape index (κ1) is 23.5. The topological polar surface area (TPSA) is 9.23 Å². The second kappa shape index (κ2) is 9.96. The van der Waals surface area contributed by atoms with Crippen molar-refractivity contribution in [2.45, 2.75) is 64.1 Å². The highest BCUT2D eigenvalue weighted by Crippen LogP contribution is 2.36. The average Bonchev–Trinajstić information content (AvgIpc) is 2.73. The minimum atomic E-state index is -3.90. The van der Waals surface area contributed by atoms with Crippen LogP contribution < -0.4 is 4.74 Å². The molecule has 1 aliphatic carbocycles. The van der Waals surface area contributed by atoms with Crippen LogP contribution in [0.1, 0.15) is 56.6 Å². The Morgan fingerprint density at radius 1 is 0.968 bits per heavy atom. The van der Waals surface area contributed by atoms with Gasteiger partial charge in [0.1, 0.15) is 11.9 Å². The van der Waals surface area contributed by atoms with E-state index in [0.717, 1.165) is 44.2 Å². The van der Waals surface area contributed by atoms with Crippen molar-refractivity contribution >= 4 is 0 Å². The summed E-state index contributed by atoms with van der Waals surface area (Å²) in [5.74, 6) is -5.19. The molecule has 170 valence electrons. The van der Waals surface area contributed by atoms with Gasteiger partial charge in [0.25, 0.3) is 0 Å². The predicted molar refractivity (Wildman–Crippen MR) is 106 cm³/mol. The lowest BCUT2D eigenvalue weighted by Crippen LogP contribution is -2.25. The molecule has 2 aromatic carbocycles. The number of ether oxygens (including phenoxy) is 1. The van der Waals surface area contributed by atoms with Gasteiger partial charge in [-0.15, -0.1) is 0 Å². The molecule has 1 saturated carbocycles. The Morgan fingerprint density at radius 2 is 1.55 bits per heavy atom. The van der Waals surface area contributed by atoms with Crippen LogP contribution in [0.3, 0.4) is 0 Å². The van der Waals surface area contributed by atoms with Crippen molar-refractivity contribution < 1.29 is 31.1 Å². The summed E-state index contributed by atoms with van der Waals surface area (Å²) in [6.45, 7) is 2.15. The van der Waals surface area contributed by atoms with Crippen molar-refractivity contribution in [2.75, 3.05) is 0 Å². The molecule has 0 amide bonds. The van der Waals surface area contributed by atoms with Crippen LogP contribution in [0.15, 0.2) is 36.4 Å². The summed E-state index contributed by atoms with van der Waals surface area (Å²) < 4.78 is 87.3. The number of halogens is 6. The molecule has 1 nitrogen and oxygen atoms in total. The first-order valence-corrected chi connectivity index (χ1v) is 10.6. The Balaban J connectivity index is 1.60. The zero-order valence-electron chi connectivity index (χ0n) is 17.3. The van der Waals surface area contributed by atoms with E-state index >= 15 is 0 Å². The molecule has 1 fully saturated rings. The molecule has 0 aliphatic heterocycles. The smallest absolute Gasteiger partial charge is 0.426 e. The van der Waals surface area contributed by atoms with Crippen LogP contribution >= 0.6 is 0 Å². The van der Waals surface area contributed by atoms with Crippen LogP contribution in [-0.4, -0.2) is 6.17 Å². The molecule has 31 heavy (non-hydrogen) atoms. The number of benzene rings is 2. The summed E-state index contributed by atoms with van der Waals surface area (Å²) in [7, 11) is 0. The van der Waals surface area contributed by atoms with Gasteiger partial charge in [0.15, 0.2) is 17.5 Å². The predicted octanol–water partition coefficient (Wildman–Crippen LogP) is 7.72. The lowest BCUT2D eigenvalue weighted by atomic mass is 9.77. The number of alkyl halides is 3. The summed E-state index contributed by atoms with van der Waals surface area (Å²) in [6.07, 6.45) is 1.29. The van der Waals surface area contributed by atoms with E-state index in [1.807, 2.05) is 0 Å². The van der Waals surface area contributed by atoms with Crippen molar-refractivity contribution in [3.05, 3.63) is 65.0 Å². The molecule has 0 saturated heterocycles. The molecule has 3 rings (SSSR count). The van der Waals surface area contributed by atoms with Crippen molar-refractivity contribution in [1.29, 1.82) is 0 Å². The van der Waals surface area contributed by atoms with Crippen molar-refractivity contribution in [1.82, 2.24) is 0 Å². The molecular formula is C24H26F6O. The molecule has 0 heterocycles. The fourth-order valence-electron chi connectivity index (χ4n) is 4.27. The summed E-state index contributed by atoms with van der Waals surface area (Å²) in [4.78, 5) is 0. The molecule has 0 aromatic heterocycles. The summed E-state index contributed by atoms with van der Waals surface area (Å²) in [6, 6.07) is 5.68. The number of hydrogen-bond acceptors (Lipinski definition) is 1. The largest absolute Gasteiger partial charge is 0.429 e. The van der Waals surface area contributed by atoms with Gasteiger partial charge >= 0.3 is 6.11 Å². The maximum absolute atomic E-state index is 14.7. The van der Waals surface area contributed by atoms with Crippen LogP contribution in [0.25, 0.3) is 0 Å². The van der Waals surface area contributed by atoms with Crippen molar-refractivity contribution in [3.8, 4) is 5.75 Å². The third kappa shape index (κ3) is 5.95. The quantitative estimate of drug-likeness (QED) is 0.299.